The highest BCUT2D eigenvalue weighted by Gasteiger charge is 2.55. The van der Waals surface area contributed by atoms with Gasteiger partial charge in [-0.15, -0.1) is 0 Å². The second kappa shape index (κ2) is 7.50. The van der Waals surface area contributed by atoms with Gasteiger partial charge in [-0.1, -0.05) is 28.1 Å². The van der Waals surface area contributed by atoms with Crippen LogP contribution in [0.1, 0.15) is 26.3 Å². The molecule has 0 bridgehead atoms. The summed E-state index contributed by atoms with van der Waals surface area (Å²) >= 11 is 3.29. The van der Waals surface area contributed by atoms with Crippen molar-refractivity contribution >= 4 is 28.0 Å². The zero-order valence-electron chi connectivity index (χ0n) is 14.8. The summed E-state index contributed by atoms with van der Waals surface area (Å²) in [5.41, 5.74) is -0.175. The molecule has 1 aliphatic rings. The molecule has 1 aromatic carbocycles. The monoisotopic (exact) mass is 433 g/mol. The molecule has 1 heterocycles. The number of benzene rings is 1. The fraction of sp³-hybridized carbons (Fsp3) is 0.556. The van der Waals surface area contributed by atoms with Crippen LogP contribution in [0.3, 0.4) is 0 Å². The van der Waals surface area contributed by atoms with Crippen molar-refractivity contribution in [1.82, 2.24) is 4.90 Å². The molecule has 2 rings (SSSR count). The first-order valence-corrected chi connectivity index (χ1v) is 9.01. The Morgan fingerprint density at radius 3 is 2.62 bits per heavy atom. The summed E-state index contributed by atoms with van der Waals surface area (Å²) in [6, 6.07) is 6.89. The van der Waals surface area contributed by atoms with Crippen molar-refractivity contribution in [2.45, 2.75) is 38.7 Å². The van der Waals surface area contributed by atoms with Crippen molar-refractivity contribution < 1.29 is 28.2 Å². The Hall–Kier alpha value is -1.70. The second-order valence-electron chi connectivity index (χ2n) is 7.51. The normalized spacial score (nSPS) is 20.7. The van der Waals surface area contributed by atoms with Crippen molar-refractivity contribution in [3.05, 3.63) is 34.3 Å². The number of likely N-dealkylation sites (tertiary alicyclic amines) is 1. The molecule has 5 nitrogen and oxygen atoms in total. The van der Waals surface area contributed by atoms with E-state index in [4.69, 9.17) is 4.74 Å². The molecule has 0 aliphatic carbocycles. The van der Waals surface area contributed by atoms with Crippen LogP contribution in [-0.2, 0) is 16.0 Å². The van der Waals surface area contributed by atoms with Crippen LogP contribution in [0.2, 0.25) is 0 Å². The molecule has 0 aromatic heterocycles. The van der Waals surface area contributed by atoms with Crippen LogP contribution in [0.4, 0.5) is 13.6 Å². The van der Waals surface area contributed by atoms with Crippen molar-refractivity contribution in [3.8, 4) is 0 Å². The first-order chi connectivity index (χ1) is 11.9. The Balaban J connectivity index is 2.19. The predicted octanol–water partition coefficient (Wildman–Crippen LogP) is 4.19. The Labute approximate surface area is 159 Å². The van der Waals surface area contributed by atoms with Gasteiger partial charge in [0.05, 0.1) is 18.4 Å². The number of rotatable bonds is 4. The minimum Gasteiger partial charge on any atom is -0.481 e. The number of ether oxygens (including phenoxy) is 1. The number of carbonyl (C=O) groups excluding carboxylic acids is 1. The highest BCUT2D eigenvalue weighted by Crippen LogP contribution is 2.40. The van der Waals surface area contributed by atoms with Gasteiger partial charge in [-0.05, 0) is 44.9 Å². The maximum atomic E-state index is 14.5. The molecule has 0 spiro atoms. The van der Waals surface area contributed by atoms with Crippen molar-refractivity contribution in [3.63, 3.8) is 0 Å². The summed E-state index contributed by atoms with van der Waals surface area (Å²) in [6.45, 7) is 3.74. The fourth-order valence-corrected chi connectivity index (χ4v) is 3.46. The summed E-state index contributed by atoms with van der Waals surface area (Å²) in [4.78, 5) is 24.7. The first kappa shape index (κ1) is 20.6. The van der Waals surface area contributed by atoms with Gasteiger partial charge in [0, 0.05) is 11.0 Å². The third-order valence-electron chi connectivity index (χ3n) is 4.16. The molecule has 144 valence electrons. The molecule has 1 aromatic rings. The van der Waals surface area contributed by atoms with Crippen LogP contribution in [0.25, 0.3) is 0 Å². The summed E-state index contributed by atoms with van der Waals surface area (Å²) in [6.07, 6.45) is -0.900. The molecule has 1 N–H and O–H groups in total. The van der Waals surface area contributed by atoms with Gasteiger partial charge in [-0.3, -0.25) is 4.79 Å². The van der Waals surface area contributed by atoms with Crippen LogP contribution < -0.4 is 0 Å². The van der Waals surface area contributed by atoms with Gasteiger partial charge in [-0.2, -0.15) is 0 Å². The number of nitrogens with zero attached hydrogens (tertiary/aromatic N) is 1. The summed E-state index contributed by atoms with van der Waals surface area (Å²) in [7, 11) is 0. The van der Waals surface area contributed by atoms with Crippen LogP contribution in [0, 0.1) is 11.8 Å². The van der Waals surface area contributed by atoms with Gasteiger partial charge in [-0.25, -0.2) is 13.6 Å². The van der Waals surface area contributed by atoms with Gasteiger partial charge >= 0.3 is 12.1 Å². The number of halogens is 3. The van der Waals surface area contributed by atoms with Gasteiger partial charge in [0.1, 0.15) is 5.60 Å². The number of carboxylic acids is 1. The minimum atomic E-state index is -3.30. The molecule has 0 radical (unpaired) electrons. The van der Waals surface area contributed by atoms with Gasteiger partial charge < -0.3 is 14.7 Å². The smallest absolute Gasteiger partial charge is 0.410 e. The molecule has 1 amide bonds. The number of aliphatic carboxylic acids is 1. The lowest BCUT2D eigenvalue weighted by Gasteiger charge is -2.25. The summed E-state index contributed by atoms with van der Waals surface area (Å²) in [5, 5.41) is 9.53. The lowest BCUT2D eigenvalue weighted by Crippen LogP contribution is -2.37. The van der Waals surface area contributed by atoms with E-state index in [9.17, 15) is 23.5 Å². The van der Waals surface area contributed by atoms with E-state index in [0.717, 1.165) is 9.37 Å². The van der Waals surface area contributed by atoms with E-state index in [-0.39, 0.29) is 13.0 Å². The van der Waals surface area contributed by atoms with Crippen molar-refractivity contribution in [2.24, 2.45) is 11.8 Å². The molecule has 0 saturated carbocycles. The third kappa shape index (κ3) is 5.16. The molecule has 1 saturated heterocycles. The molecular formula is C18H22BrF2NO4. The number of carboxylic acid groups (broad SMARTS) is 1. The van der Waals surface area contributed by atoms with E-state index >= 15 is 0 Å². The average molecular weight is 434 g/mol. The quantitative estimate of drug-likeness (QED) is 0.772. The predicted molar refractivity (Wildman–Crippen MR) is 95.2 cm³/mol. The Morgan fingerprint density at radius 1 is 1.42 bits per heavy atom. The van der Waals surface area contributed by atoms with Crippen molar-refractivity contribution in [1.29, 1.82) is 0 Å². The number of carbonyl (C=O) groups is 2. The Morgan fingerprint density at radius 2 is 2.08 bits per heavy atom. The van der Waals surface area contributed by atoms with E-state index in [1.54, 1.807) is 45.0 Å². The molecule has 1 fully saturated rings. The lowest BCUT2D eigenvalue weighted by atomic mass is 9.84. The summed E-state index contributed by atoms with van der Waals surface area (Å²) < 4.78 is 34.9. The van der Waals surface area contributed by atoms with E-state index in [1.807, 2.05) is 0 Å². The zero-order valence-corrected chi connectivity index (χ0v) is 16.4. The first-order valence-electron chi connectivity index (χ1n) is 8.22. The van der Waals surface area contributed by atoms with Crippen LogP contribution >= 0.6 is 15.9 Å². The molecule has 8 heteroatoms. The van der Waals surface area contributed by atoms with Gasteiger partial charge in [0.2, 0.25) is 0 Å². The minimum absolute atomic E-state index is 0.0445. The molecule has 1 aliphatic heterocycles. The molecule has 2 atom stereocenters. The highest BCUT2D eigenvalue weighted by molar-refractivity contribution is 9.10. The van der Waals surface area contributed by atoms with Crippen LogP contribution in [0.5, 0.6) is 0 Å². The Kier molecular flexibility index (Phi) is 5.95. The van der Waals surface area contributed by atoms with E-state index in [2.05, 4.69) is 15.9 Å². The maximum absolute atomic E-state index is 14.5. The average Bonchev–Trinajstić information content (AvgIpc) is 2.78. The number of hydrogen-bond acceptors (Lipinski definition) is 3. The van der Waals surface area contributed by atoms with E-state index in [1.165, 1.54) is 0 Å². The molecule has 26 heavy (non-hydrogen) atoms. The topological polar surface area (TPSA) is 66.8 Å². The standard InChI is InChI=1S/C18H22BrF2NO4/c1-17(2,3)26-16(25)22-9-14(18(20,21)10-22)13(15(23)24)8-11-5-4-6-12(19)7-11/h4-7,13-14H,8-10H2,1-3H3,(H,23,24)/t13-,14?/m0/s1. The molecule has 1 unspecified atom stereocenters. The SMILES string of the molecule is CC(C)(C)OC(=O)N1CC([C@H](Cc2cccc(Br)c2)C(=O)O)C(F)(F)C1. The van der Waals surface area contributed by atoms with Crippen molar-refractivity contribution in [2.75, 3.05) is 13.1 Å². The maximum Gasteiger partial charge on any atom is 0.410 e. The Bertz CT molecular complexity index is 690. The van der Waals surface area contributed by atoms with E-state index < -0.39 is 42.0 Å². The second-order valence-corrected chi connectivity index (χ2v) is 8.42. The highest BCUT2D eigenvalue weighted by atomic mass is 79.9. The fourth-order valence-electron chi connectivity index (χ4n) is 3.01. The lowest BCUT2D eigenvalue weighted by molar-refractivity contribution is -0.148. The number of amides is 1. The van der Waals surface area contributed by atoms with Gasteiger partial charge in [0.15, 0.2) is 0 Å². The largest absolute Gasteiger partial charge is 0.481 e. The van der Waals surface area contributed by atoms with Crippen LogP contribution in [0.15, 0.2) is 28.7 Å². The third-order valence-corrected chi connectivity index (χ3v) is 4.65. The number of hydrogen-bond donors (Lipinski definition) is 1. The number of alkyl halides is 2. The van der Waals surface area contributed by atoms with Crippen LogP contribution in [-0.4, -0.2) is 46.7 Å². The van der Waals surface area contributed by atoms with Gasteiger partial charge in [0.25, 0.3) is 5.92 Å². The molecular weight excluding hydrogens is 412 g/mol. The van der Waals surface area contributed by atoms with E-state index in [0.29, 0.717) is 5.56 Å². The zero-order chi connectivity index (χ0) is 19.7. The summed E-state index contributed by atoms with van der Waals surface area (Å²) in [5.74, 6) is -7.40.